The van der Waals surface area contributed by atoms with Crippen LogP contribution in [-0.2, 0) is 0 Å². The minimum atomic E-state index is -0.268. The SMILES string of the molecule is CCNC(=O)c1nc2cccnc2n1-c1cncc(Cl)c1. The lowest BCUT2D eigenvalue weighted by Gasteiger charge is -2.08. The van der Waals surface area contributed by atoms with Crippen LogP contribution in [0.5, 0.6) is 0 Å². The van der Waals surface area contributed by atoms with E-state index in [2.05, 4.69) is 20.3 Å². The minimum absolute atomic E-state index is 0.259. The van der Waals surface area contributed by atoms with Gasteiger partial charge in [0.05, 0.1) is 16.9 Å². The van der Waals surface area contributed by atoms with Gasteiger partial charge in [0.15, 0.2) is 5.65 Å². The zero-order chi connectivity index (χ0) is 14.8. The number of hydrogen-bond acceptors (Lipinski definition) is 4. The summed E-state index contributed by atoms with van der Waals surface area (Å²) >= 11 is 5.99. The number of halogens is 1. The Hall–Kier alpha value is -2.47. The van der Waals surface area contributed by atoms with Crippen molar-refractivity contribution in [3.63, 3.8) is 0 Å². The fourth-order valence-electron chi connectivity index (χ4n) is 2.07. The van der Waals surface area contributed by atoms with E-state index in [4.69, 9.17) is 11.6 Å². The number of aromatic nitrogens is 4. The average molecular weight is 302 g/mol. The van der Waals surface area contributed by atoms with E-state index in [0.717, 1.165) is 0 Å². The topological polar surface area (TPSA) is 72.7 Å². The number of imidazole rings is 1. The van der Waals surface area contributed by atoms with Crippen LogP contribution in [0.3, 0.4) is 0 Å². The lowest BCUT2D eigenvalue weighted by atomic mass is 10.4. The van der Waals surface area contributed by atoms with Crippen molar-refractivity contribution in [1.82, 2.24) is 24.8 Å². The van der Waals surface area contributed by atoms with Gasteiger partial charge in [-0.25, -0.2) is 9.97 Å². The maximum atomic E-state index is 12.2. The van der Waals surface area contributed by atoms with Gasteiger partial charge in [0.2, 0.25) is 5.82 Å². The highest BCUT2D eigenvalue weighted by molar-refractivity contribution is 6.30. The van der Waals surface area contributed by atoms with E-state index in [-0.39, 0.29) is 11.7 Å². The highest BCUT2D eigenvalue weighted by Crippen LogP contribution is 2.21. The fourth-order valence-corrected chi connectivity index (χ4v) is 2.24. The first-order valence-corrected chi connectivity index (χ1v) is 6.81. The van der Waals surface area contributed by atoms with E-state index < -0.39 is 0 Å². The fraction of sp³-hybridized carbons (Fsp3) is 0.143. The van der Waals surface area contributed by atoms with E-state index in [1.54, 1.807) is 35.2 Å². The van der Waals surface area contributed by atoms with Gasteiger partial charge < -0.3 is 5.32 Å². The molecule has 0 bridgehead atoms. The van der Waals surface area contributed by atoms with Gasteiger partial charge in [-0.3, -0.25) is 14.3 Å². The van der Waals surface area contributed by atoms with Gasteiger partial charge in [0.25, 0.3) is 5.91 Å². The number of pyridine rings is 2. The van der Waals surface area contributed by atoms with Crippen molar-refractivity contribution in [3.05, 3.63) is 47.6 Å². The number of fused-ring (bicyclic) bond motifs is 1. The van der Waals surface area contributed by atoms with Crippen LogP contribution in [-0.4, -0.2) is 32.0 Å². The van der Waals surface area contributed by atoms with Gasteiger partial charge in [0.1, 0.15) is 5.52 Å². The Labute approximate surface area is 125 Å². The number of nitrogens with zero attached hydrogens (tertiary/aromatic N) is 4. The van der Waals surface area contributed by atoms with E-state index in [1.807, 2.05) is 6.92 Å². The largest absolute Gasteiger partial charge is 0.350 e. The zero-order valence-electron chi connectivity index (χ0n) is 11.2. The lowest BCUT2D eigenvalue weighted by Crippen LogP contribution is -2.26. The Morgan fingerprint density at radius 1 is 1.43 bits per heavy atom. The monoisotopic (exact) mass is 301 g/mol. The number of carbonyl (C=O) groups excluding carboxylic acids is 1. The van der Waals surface area contributed by atoms with Crippen LogP contribution in [0.1, 0.15) is 17.5 Å². The average Bonchev–Trinajstić information content (AvgIpc) is 2.87. The molecule has 6 nitrogen and oxygen atoms in total. The van der Waals surface area contributed by atoms with Crippen LogP contribution in [0.15, 0.2) is 36.8 Å². The molecule has 3 aromatic rings. The maximum absolute atomic E-state index is 12.2. The molecule has 3 heterocycles. The Morgan fingerprint density at radius 2 is 2.29 bits per heavy atom. The van der Waals surface area contributed by atoms with Crippen LogP contribution in [0, 0.1) is 0 Å². The van der Waals surface area contributed by atoms with Crippen LogP contribution >= 0.6 is 11.6 Å². The summed E-state index contributed by atoms with van der Waals surface area (Å²) in [5, 5.41) is 3.22. The van der Waals surface area contributed by atoms with Gasteiger partial charge >= 0.3 is 0 Å². The van der Waals surface area contributed by atoms with Crippen molar-refractivity contribution < 1.29 is 4.79 Å². The predicted octanol–water partition coefficient (Wildman–Crippen LogP) is 2.22. The second kappa shape index (κ2) is 5.49. The van der Waals surface area contributed by atoms with Crippen LogP contribution in [0.2, 0.25) is 5.02 Å². The zero-order valence-corrected chi connectivity index (χ0v) is 12.0. The smallest absolute Gasteiger partial charge is 0.287 e. The first-order valence-electron chi connectivity index (χ1n) is 6.43. The summed E-state index contributed by atoms with van der Waals surface area (Å²) in [6, 6.07) is 5.30. The van der Waals surface area contributed by atoms with Crippen molar-refractivity contribution in [2.45, 2.75) is 6.92 Å². The highest BCUT2D eigenvalue weighted by atomic mass is 35.5. The van der Waals surface area contributed by atoms with Gasteiger partial charge in [0, 0.05) is 18.9 Å². The van der Waals surface area contributed by atoms with Gasteiger partial charge in [-0.1, -0.05) is 11.6 Å². The highest BCUT2D eigenvalue weighted by Gasteiger charge is 2.19. The Kier molecular flexibility index (Phi) is 3.53. The molecule has 0 saturated carbocycles. The number of amides is 1. The van der Waals surface area contributed by atoms with Crippen molar-refractivity contribution >= 4 is 28.7 Å². The summed E-state index contributed by atoms with van der Waals surface area (Å²) in [5.74, 6) is -0.00917. The molecule has 3 aromatic heterocycles. The third-order valence-electron chi connectivity index (χ3n) is 2.91. The third kappa shape index (κ3) is 2.45. The molecule has 106 valence electrons. The molecule has 0 aromatic carbocycles. The number of nitrogens with one attached hydrogen (secondary N) is 1. The third-order valence-corrected chi connectivity index (χ3v) is 3.11. The van der Waals surface area contributed by atoms with Crippen molar-refractivity contribution in [2.24, 2.45) is 0 Å². The van der Waals surface area contributed by atoms with E-state index in [0.29, 0.717) is 28.4 Å². The molecular formula is C14H12ClN5O. The quantitative estimate of drug-likeness (QED) is 0.805. The molecule has 0 unspecified atom stereocenters. The van der Waals surface area contributed by atoms with Crippen LogP contribution in [0.4, 0.5) is 0 Å². The molecule has 3 rings (SSSR count). The maximum Gasteiger partial charge on any atom is 0.287 e. The van der Waals surface area contributed by atoms with E-state index in [1.165, 1.54) is 6.20 Å². The summed E-state index contributed by atoms with van der Waals surface area (Å²) in [6.07, 6.45) is 4.80. The molecule has 1 N–H and O–H groups in total. The van der Waals surface area contributed by atoms with Crippen LogP contribution < -0.4 is 5.32 Å². The molecular weight excluding hydrogens is 290 g/mol. The Morgan fingerprint density at radius 3 is 3.05 bits per heavy atom. The van der Waals surface area contributed by atoms with Crippen molar-refractivity contribution in [2.75, 3.05) is 6.54 Å². The normalized spacial score (nSPS) is 10.8. The summed E-state index contributed by atoms with van der Waals surface area (Å²) in [5.41, 5.74) is 1.87. The summed E-state index contributed by atoms with van der Waals surface area (Å²) in [7, 11) is 0. The molecule has 0 fully saturated rings. The van der Waals surface area contributed by atoms with Gasteiger partial charge in [-0.05, 0) is 25.1 Å². The molecule has 0 spiro atoms. The van der Waals surface area contributed by atoms with Crippen molar-refractivity contribution in [1.29, 1.82) is 0 Å². The standard InChI is InChI=1S/C14H12ClN5O/c1-2-17-14(21)13-19-11-4-3-5-18-12(11)20(13)10-6-9(15)7-16-8-10/h3-8H,2H2,1H3,(H,17,21). The number of carbonyl (C=O) groups is 1. The predicted molar refractivity (Wildman–Crippen MR) is 79.7 cm³/mol. The number of rotatable bonds is 3. The Balaban J connectivity index is 2.27. The summed E-state index contributed by atoms with van der Waals surface area (Å²) in [6.45, 7) is 2.37. The van der Waals surface area contributed by atoms with E-state index >= 15 is 0 Å². The molecule has 0 saturated heterocycles. The molecule has 1 amide bonds. The second-order valence-corrected chi connectivity index (χ2v) is 4.77. The molecule has 21 heavy (non-hydrogen) atoms. The summed E-state index contributed by atoms with van der Waals surface area (Å²) in [4.78, 5) is 24.9. The molecule has 0 aliphatic rings. The number of hydrogen-bond donors (Lipinski definition) is 1. The van der Waals surface area contributed by atoms with E-state index in [9.17, 15) is 4.79 Å². The molecule has 0 radical (unpaired) electrons. The second-order valence-electron chi connectivity index (χ2n) is 4.34. The molecule has 0 aliphatic heterocycles. The lowest BCUT2D eigenvalue weighted by molar-refractivity contribution is 0.0944. The molecule has 0 aliphatic carbocycles. The minimum Gasteiger partial charge on any atom is -0.350 e. The first kappa shape index (κ1) is 13.5. The molecule has 0 atom stereocenters. The van der Waals surface area contributed by atoms with Crippen LogP contribution in [0.25, 0.3) is 16.9 Å². The summed E-state index contributed by atoms with van der Waals surface area (Å²) < 4.78 is 1.65. The van der Waals surface area contributed by atoms with Gasteiger partial charge in [-0.15, -0.1) is 0 Å². The first-order chi connectivity index (χ1) is 10.2. The van der Waals surface area contributed by atoms with Crippen molar-refractivity contribution in [3.8, 4) is 5.69 Å². The Bertz CT molecular complexity index is 814. The molecule has 7 heteroatoms. The van der Waals surface area contributed by atoms with Gasteiger partial charge in [-0.2, -0.15) is 0 Å².